The Labute approximate surface area is 122 Å². The first kappa shape index (κ1) is 14.3. The van der Waals surface area contributed by atoms with E-state index in [1.807, 2.05) is 43.3 Å². The Kier molecular flexibility index (Phi) is 3.90. The number of benzene rings is 2. The van der Waals surface area contributed by atoms with E-state index in [-0.39, 0.29) is 22.1 Å². The molecule has 0 saturated heterocycles. The fraction of sp³-hybridized carbons (Fsp3) is 0.143. The lowest BCUT2D eigenvalue weighted by molar-refractivity contribution is 0.633. The molecule has 0 heterocycles. The first-order chi connectivity index (χ1) is 9.40. The summed E-state index contributed by atoms with van der Waals surface area (Å²) in [6.07, 6.45) is 0. The van der Waals surface area contributed by atoms with E-state index in [9.17, 15) is 4.39 Å². The standard InChI is InChI=1S/C14H16ClFN4/c1-20(2)9-5-3-4-8(6-9)19-14-11(18)7-10(17)12(15)13(14)16/h3-7,19H,17-18H2,1-2H3. The number of hydrogen-bond acceptors (Lipinski definition) is 4. The minimum atomic E-state index is -0.653. The Balaban J connectivity index is 2.40. The van der Waals surface area contributed by atoms with Crippen molar-refractivity contribution in [3.8, 4) is 0 Å². The van der Waals surface area contributed by atoms with Crippen molar-refractivity contribution in [2.45, 2.75) is 0 Å². The van der Waals surface area contributed by atoms with Gasteiger partial charge in [0.1, 0.15) is 5.02 Å². The van der Waals surface area contributed by atoms with E-state index < -0.39 is 5.82 Å². The number of rotatable bonds is 3. The molecule has 5 N–H and O–H groups in total. The molecule has 0 amide bonds. The topological polar surface area (TPSA) is 67.3 Å². The highest BCUT2D eigenvalue weighted by Crippen LogP contribution is 2.35. The maximum absolute atomic E-state index is 14.1. The molecule has 106 valence electrons. The zero-order valence-electron chi connectivity index (χ0n) is 11.2. The molecular formula is C14H16ClFN4. The second kappa shape index (κ2) is 5.46. The van der Waals surface area contributed by atoms with Gasteiger partial charge in [0.15, 0.2) is 5.82 Å². The second-order valence-electron chi connectivity index (χ2n) is 4.63. The lowest BCUT2D eigenvalue weighted by Crippen LogP contribution is -2.09. The minimum absolute atomic E-state index is 0.120. The van der Waals surface area contributed by atoms with Crippen LogP contribution in [0, 0.1) is 5.82 Å². The molecule has 0 saturated carbocycles. The molecule has 0 atom stereocenters. The molecule has 0 aliphatic carbocycles. The first-order valence-corrected chi connectivity index (χ1v) is 6.35. The van der Waals surface area contributed by atoms with Gasteiger partial charge in [-0.2, -0.15) is 0 Å². The number of nitrogens with one attached hydrogen (secondary N) is 1. The summed E-state index contributed by atoms with van der Waals surface area (Å²) in [5, 5.41) is 2.80. The van der Waals surface area contributed by atoms with Gasteiger partial charge in [0.05, 0.1) is 17.1 Å². The molecule has 20 heavy (non-hydrogen) atoms. The lowest BCUT2D eigenvalue weighted by atomic mass is 10.2. The zero-order chi connectivity index (χ0) is 14.9. The first-order valence-electron chi connectivity index (χ1n) is 5.97. The predicted octanol–water partition coefficient (Wildman–Crippen LogP) is 3.45. The third kappa shape index (κ3) is 2.72. The molecular weight excluding hydrogens is 279 g/mol. The summed E-state index contributed by atoms with van der Waals surface area (Å²) in [7, 11) is 3.85. The van der Waals surface area contributed by atoms with Crippen molar-refractivity contribution in [2.24, 2.45) is 0 Å². The van der Waals surface area contributed by atoms with Crippen LogP contribution in [0.25, 0.3) is 0 Å². The molecule has 0 unspecified atom stereocenters. The molecule has 0 aliphatic rings. The quantitative estimate of drug-likeness (QED) is 0.759. The maximum Gasteiger partial charge on any atom is 0.169 e. The molecule has 0 aromatic heterocycles. The van der Waals surface area contributed by atoms with E-state index in [1.165, 1.54) is 6.07 Å². The van der Waals surface area contributed by atoms with Crippen molar-refractivity contribution < 1.29 is 4.39 Å². The minimum Gasteiger partial charge on any atom is -0.397 e. The Morgan fingerprint density at radius 3 is 2.50 bits per heavy atom. The van der Waals surface area contributed by atoms with E-state index in [4.69, 9.17) is 23.1 Å². The average molecular weight is 295 g/mol. The van der Waals surface area contributed by atoms with Crippen LogP contribution in [0.15, 0.2) is 30.3 Å². The van der Waals surface area contributed by atoms with Crippen LogP contribution in [0.2, 0.25) is 5.02 Å². The Hall–Kier alpha value is -2.14. The molecule has 0 aliphatic heterocycles. The summed E-state index contributed by atoms with van der Waals surface area (Å²) in [5.41, 5.74) is 13.5. The number of nitrogens with two attached hydrogens (primary N) is 2. The van der Waals surface area contributed by atoms with E-state index in [0.29, 0.717) is 5.69 Å². The SMILES string of the molecule is CN(C)c1cccc(Nc2c(N)cc(N)c(Cl)c2F)c1. The van der Waals surface area contributed by atoms with Crippen molar-refractivity contribution >= 4 is 40.0 Å². The predicted molar refractivity (Wildman–Crippen MR) is 84.3 cm³/mol. The van der Waals surface area contributed by atoms with Crippen LogP contribution in [0.5, 0.6) is 0 Å². The fourth-order valence-corrected chi connectivity index (χ4v) is 1.95. The normalized spacial score (nSPS) is 10.4. The molecule has 2 aromatic rings. The largest absolute Gasteiger partial charge is 0.397 e. The number of anilines is 5. The zero-order valence-corrected chi connectivity index (χ0v) is 12.0. The van der Waals surface area contributed by atoms with Gasteiger partial charge < -0.3 is 21.7 Å². The highest BCUT2D eigenvalue weighted by Gasteiger charge is 2.14. The summed E-state index contributed by atoms with van der Waals surface area (Å²) in [6, 6.07) is 8.94. The van der Waals surface area contributed by atoms with Crippen LogP contribution in [0.4, 0.5) is 32.8 Å². The van der Waals surface area contributed by atoms with Gasteiger partial charge in [-0.25, -0.2) is 4.39 Å². The second-order valence-corrected chi connectivity index (χ2v) is 5.01. The smallest absolute Gasteiger partial charge is 0.169 e. The van der Waals surface area contributed by atoms with Gasteiger partial charge in [-0.15, -0.1) is 0 Å². The number of halogens is 2. The van der Waals surface area contributed by atoms with Crippen LogP contribution in [-0.2, 0) is 0 Å². The molecule has 0 fully saturated rings. The number of nitrogen functional groups attached to an aromatic ring is 2. The molecule has 2 rings (SSSR count). The maximum atomic E-state index is 14.1. The van der Waals surface area contributed by atoms with Gasteiger partial charge in [0, 0.05) is 25.5 Å². The van der Waals surface area contributed by atoms with E-state index >= 15 is 0 Å². The summed E-state index contributed by atoms with van der Waals surface area (Å²) in [4.78, 5) is 1.95. The Bertz CT molecular complexity index is 643. The van der Waals surface area contributed by atoms with Crippen LogP contribution >= 0.6 is 11.6 Å². The highest BCUT2D eigenvalue weighted by molar-refractivity contribution is 6.33. The molecule has 0 bridgehead atoms. The van der Waals surface area contributed by atoms with Crippen LogP contribution in [-0.4, -0.2) is 14.1 Å². The lowest BCUT2D eigenvalue weighted by Gasteiger charge is -2.16. The summed E-state index contributed by atoms with van der Waals surface area (Å²) in [5.74, 6) is -0.653. The van der Waals surface area contributed by atoms with Crippen molar-refractivity contribution in [3.63, 3.8) is 0 Å². The van der Waals surface area contributed by atoms with Crippen LogP contribution in [0.1, 0.15) is 0 Å². The number of hydrogen-bond donors (Lipinski definition) is 3. The van der Waals surface area contributed by atoms with E-state index in [0.717, 1.165) is 5.69 Å². The van der Waals surface area contributed by atoms with Gasteiger partial charge in [-0.05, 0) is 24.3 Å². The van der Waals surface area contributed by atoms with Crippen molar-refractivity contribution in [3.05, 3.63) is 41.2 Å². The Morgan fingerprint density at radius 1 is 1.15 bits per heavy atom. The van der Waals surface area contributed by atoms with Gasteiger partial charge in [0.2, 0.25) is 0 Å². The average Bonchev–Trinajstić information content (AvgIpc) is 2.41. The third-order valence-corrected chi connectivity index (χ3v) is 3.28. The highest BCUT2D eigenvalue weighted by atomic mass is 35.5. The van der Waals surface area contributed by atoms with Gasteiger partial charge >= 0.3 is 0 Å². The fourth-order valence-electron chi connectivity index (χ4n) is 1.80. The molecule has 4 nitrogen and oxygen atoms in total. The monoisotopic (exact) mass is 294 g/mol. The van der Waals surface area contributed by atoms with Gasteiger partial charge in [-0.3, -0.25) is 0 Å². The van der Waals surface area contributed by atoms with Crippen LogP contribution < -0.4 is 21.7 Å². The Morgan fingerprint density at radius 2 is 1.85 bits per heavy atom. The van der Waals surface area contributed by atoms with Crippen molar-refractivity contribution in [2.75, 3.05) is 35.8 Å². The summed E-state index contributed by atoms with van der Waals surface area (Å²) >= 11 is 5.80. The molecule has 0 radical (unpaired) electrons. The van der Waals surface area contributed by atoms with Gasteiger partial charge in [-0.1, -0.05) is 17.7 Å². The molecule has 0 spiro atoms. The van der Waals surface area contributed by atoms with E-state index in [1.54, 1.807) is 0 Å². The van der Waals surface area contributed by atoms with Gasteiger partial charge in [0.25, 0.3) is 0 Å². The molecule has 6 heteroatoms. The summed E-state index contributed by atoms with van der Waals surface area (Å²) < 4.78 is 14.1. The number of nitrogens with zero attached hydrogens (tertiary/aromatic N) is 1. The van der Waals surface area contributed by atoms with Crippen molar-refractivity contribution in [1.82, 2.24) is 0 Å². The van der Waals surface area contributed by atoms with Crippen LogP contribution in [0.3, 0.4) is 0 Å². The third-order valence-electron chi connectivity index (χ3n) is 2.90. The van der Waals surface area contributed by atoms with E-state index in [2.05, 4.69) is 5.32 Å². The molecule has 2 aromatic carbocycles. The summed E-state index contributed by atoms with van der Waals surface area (Å²) in [6.45, 7) is 0. The van der Waals surface area contributed by atoms with Crippen molar-refractivity contribution in [1.29, 1.82) is 0 Å².